The predicted octanol–water partition coefficient (Wildman–Crippen LogP) is 4.50. The van der Waals surface area contributed by atoms with Crippen LogP contribution in [0.15, 0.2) is 36.4 Å². The lowest BCUT2D eigenvalue weighted by atomic mass is 10.1. The monoisotopic (exact) mass is 292 g/mol. The number of hydrogen-bond donors (Lipinski definition) is 1. The standard InChI is InChI=1S/C16H17ClO3/c1-10-7-8-12(17)9-15(10)20-14-6-4-5-13(19-3)16(14)11(2)18/h4-9,11,18H,1-3H3/t11-/m1/s1. The van der Waals surface area contributed by atoms with Gasteiger partial charge in [-0.15, -0.1) is 0 Å². The summed E-state index contributed by atoms with van der Waals surface area (Å²) in [5.41, 5.74) is 1.59. The molecule has 0 saturated heterocycles. The van der Waals surface area contributed by atoms with Gasteiger partial charge in [0, 0.05) is 5.02 Å². The second-order valence-corrected chi connectivity index (χ2v) is 5.00. The van der Waals surface area contributed by atoms with Gasteiger partial charge in [0.1, 0.15) is 17.2 Å². The molecule has 0 aliphatic heterocycles. The Balaban J connectivity index is 2.45. The Morgan fingerprint density at radius 3 is 2.45 bits per heavy atom. The smallest absolute Gasteiger partial charge is 0.136 e. The zero-order valence-electron chi connectivity index (χ0n) is 11.7. The van der Waals surface area contributed by atoms with E-state index in [-0.39, 0.29) is 0 Å². The molecule has 0 bridgehead atoms. The molecule has 0 fully saturated rings. The van der Waals surface area contributed by atoms with Crippen molar-refractivity contribution in [3.63, 3.8) is 0 Å². The Hall–Kier alpha value is -1.71. The van der Waals surface area contributed by atoms with Crippen LogP contribution in [-0.2, 0) is 0 Å². The summed E-state index contributed by atoms with van der Waals surface area (Å²) in [5, 5.41) is 10.5. The fourth-order valence-corrected chi connectivity index (χ4v) is 2.17. The van der Waals surface area contributed by atoms with Crippen molar-refractivity contribution in [1.82, 2.24) is 0 Å². The van der Waals surface area contributed by atoms with Gasteiger partial charge in [-0.1, -0.05) is 23.7 Å². The Morgan fingerprint density at radius 1 is 1.10 bits per heavy atom. The van der Waals surface area contributed by atoms with Gasteiger partial charge in [0.05, 0.1) is 18.8 Å². The van der Waals surface area contributed by atoms with Gasteiger partial charge < -0.3 is 14.6 Å². The molecule has 4 heteroatoms. The molecule has 0 aliphatic rings. The van der Waals surface area contributed by atoms with Crippen LogP contribution in [0, 0.1) is 6.92 Å². The van der Waals surface area contributed by atoms with Gasteiger partial charge in [-0.05, 0) is 43.7 Å². The first kappa shape index (κ1) is 14.7. The summed E-state index contributed by atoms with van der Waals surface area (Å²) < 4.78 is 11.2. The van der Waals surface area contributed by atoms with Crippen molar-refractivity contribution in [2.75, 3.05) is 7.11 Å². The fraction of sp³-hybridized carbons (Fsp3) is 0.250. The van der Waals surface area contributed by atoms with Crippen molar-refractivity contribution in [2.45, 2.75) is 20.0 Å². The highest BCUT2D eigenvalue weighted by Gasteiger charge is 2.16. The molecule has 2 aromatic rings. The van der Waals surface area contributed by atoms with E-state index in [1.807, 2.05) is 25.1 Å². The number of aliphatic hydroxyl groups excluding tert-OH is 1. The molecular weight excluding hydrogens is 276 g/mol. The van der Waals surface area contributed by atoms with E-state index in [4.69, 9.17) is 21.1 Å². The van der Waals surface area contributed by atoms with Crippen LogP contribution < -0.4 is 9.47 Å². The highest BCUT2D eigenvalue weighted by Crippen LogP contribution is 2.37. The van der Waals surface area contributed by atoms with E-state index in [9.17, 15) is 5.11 Å². The summed E-state index contributed by atoms with van der Waals surface area (Å²) in [6, 6.07) is 10.9. The Morgan fingerprint density at radius 2 is 1.80 bits per heavy atom. The summed E-state index contributed by atoms with van der Waals surface area (Å²) in [5.74, 6) is 1.81. The van der Waals surface area contributed by atoms with Gasteiger partial charge >= 0.3 is 0 Å². The Bertz CT molecular complexity index is 609. The second kappa shape index (κ2) is 6.16. The number of aryl methyl sites for hydroxylation is 1. The van der Waals surface area contributed by atoms with E-state index in [2.05, 4.69) is 0 Å². The van der Waals surface area contributed by atoms with Crippen molar-refractivity contribution in [2.24, 2.45) is 0 Å². The summed E-state index contributed by atoms with van der Waals surface area (Å²) in [7, 11) is 1.57. The molecule has 3 nitrogen and oxygen atoms in total. The van der Waals surface area contributed by atoms with Crippen LogP contribution in [0.5, 0.6) is 17.2 Å². The molecule has 0 unspecified atom stereocenters. The van der Waals surface area contributed by atoms with Gasteiger partial charge in [0.25, 0.3) is 0 Å². The highest BCUT2D eigenvalue weighted by molar-refractivity contribution is 6.30. The zero-order valence-corrected chi connectivity index (χ0v) is 12.4. The van der Waals surface area contributed by atoms with Crippen molar-refractivity contribution in [1.29, 1.82) is 0 Å². The topological polar surface area (TPSA) is 38.7 Å². The van der Waals surface area contributed by atoms with Crippen molar-refractivity contribution >= 4 is 11.6 Å². The van der Waals surface area contributed by atoms with Crippen LogP contribution in [-0.4, -0.2) is 12.2 Å². The quantitative estimate of drug-likeness (QED) is 0.901. The van der Waals surface area contributed by atoms with E-state index in [0.29, 0.717) is 27.8 Å². The van der Waals surface area contributed by atoms with E-state index in [1.54, 1.807) is 32.2 Å². The molecule has 0 aromatic heterocycles. The van der Waals surface area contributed by atoms with Crippen LogP contribution in [0.1, 0.15) is 24.2 Å². The molecule has 0 heterocycles. The van der Waals surface area contributed by atoms with Crippen LogP contribution in [0.3, 0.4) is 0 Å². The highest BCUT2D eigenvalue weighted by atomic mass is 35.5. The summed E-state index contributed by atoms with van der Waals surface area (Å²) in [4.78, 5) is 0. The third-order valence-corrected chi connectivity index (χ3v) is 3.27. The van der Waals surface area contributed by atoms with Gasteiger partial charge in [0.15, 0.2) is 0 Å². The predicted molar refractivity (Wildman–Crippen MR) is 79.9 cm³/mol. The maximum Gasteiger partial charge on any atom is 0.136 e. The lowest BCUT2D eigenvalue weighted by Gasteiger charge is -2.17. The van der Waals surface area contributed by atoms with Gasteiger partial charge in [-0.25, -0.2) is 0 Å². The minimum atomic E-state index is -0.694. The number of methoxy groups -OCH3 is 1. The van der Waals surface area contributed by atoms with Crippen molar-refractivity contribution in [3.05, 3.63) is 52.5 Å². The molecule has 1 N–H and O–H groups in total. The number of aliphatic hydroxyl groups is 1. The SMILES string of the molecule is COc1cccc(Oc2cc(Cl)ccc2C)c1[C@@H](C)O. The average molecular weight is 293 g/mol. The number of rotatable bonds is 4. The van der Waals surface area contributed by atoms with E-state index in [0.717, 1.165) is 5.56 Å². The number of benzene rings is 2. The summed E-state index contributed by atoms with van der Waals surface area (Å²) >= 11 is 5.99. The third kappa shape index (κ3) is 3.06. The second-order valence-electron chi connectivity index (χ2n) is 4.56. The molecule has 0 aliphatic carbocycles. The Kier molecular flexibility index (Phi) is 4.53. The average Bonchev–Trinajstić information content (AvgIpc) is 2.42. The largest absolute Gasteiger partial charge is 0.496 e. The molecule has 2 rings (SSSR count). The number of halogens is 1. The molecule has 0 saturated carbocycles. The van der Waals surface area contributed by atoms with Crippen LogP contribution >= 0.6 is 11.6 Å². The molecule has 2 aromatic carbocycles. The van der Waals surface area contributed by atoms with Crippen LogP contribution in [0.2, 0.25) is 5.02 Å². The normalized spacial score (nSPS) is 12.1. The molecular formula is C16H17ClO3. The zero-order chi connectivity index (χ0) is 14.7. The van der Waals surface area contributed by atoms with Gasteiger partial charge in [-0.2, -0.15) is 0 Å². The minimum absolute atomic E-state index is 0.560. The summed E-state index contributed by atoms with van der Waals surface area (Å²) in [6.07, 6.45) is -0.694. The molecule has 1 atom stereocenters. The molecule has 0 radical (unpaired) electrons. The first-order valence-electron chi connectivity index (χ1n) is 6.32. The van der Waals surface area contributed by atoms with E-state index in [1.165, 1.54) is 0 Å². The van der Waals surface area contributed by atoms with Crippen LogP contribution in [0.4, 0.5) is 0 Å². The Labute approximate surface area is 123 Å². The number of hydrogen-bond acceptors (Lipinski definition) is 3. The van der Waals surface area contributed by atoms with Gasteiger partial charge in [0.2, 0.25) is 0 Å². The first-order chi connectivity index (χ1) is 9.52. The maximum atomic E-state index is 9.93. The third-order valence-electron chi connectivity index (χ3n) is 3.03. The lowest BCUT2D eigenvalue weighted by Crippen LogP contribution is -2.00. The van der Waals surface area contributed by atoms with E-state index < -0.39 is 6.10 Å². The van der Waals surface area contributed by atoms with Gasteiger partial charge in [-0.3, -0.25) is 0 Å². The molecule has 106 valence electrons. The molecule has 0 amide bonds. The minimum Gasteiger partial charge on any atom is -0.496 e. The van der Waals surface area contributed by atoms with E-state index >= 15 is 0 Å². The molecule has 20 heavy (non-hydrogen) atoms. The first-order valence-corrected chi connectivity index (χ1v) is 6.69. The number of ether oxygens (including phenoxy) is 2. The van der Waals surface area contributed by atoms with Crippen LogP contribution in [0.25, 0.3) is 0 Å². The van der Waals surface area contributed by atoms with Crippen molar-refractivity contribution < 1.29 is 14.6 Å². The van der Waals surface area contributed by atoms with Crippen molar-refractivity contribution in [3.8, 4) is 17.2 Å². The summed E-state index contributed by atoms with van der Waals surface area (Å²) in [6.45, 7) is 3.61. The fourth-order valence-electron chi connectivity index (χ4n) is 2.00. The molecule has 0 spiro atoms. The maximum absolute atomic E-state index is 9.93. The lowest BCUT2D eigenvalue weighted by molar-refractivity contribution is 0.190.